The zero-order valence-electron chi connectivity index (χ0n) is 21.4. The molecule has 41 heavy (non-hydrogen) atoms. The molecule has 2 heterocycles. The van der Waals surface area contributed by atoms with Crippen LogP contribution < -0.4 is 11.2 Å². The predicted octanol–water partition coefficient (Wildman–Crippen LogP) is 3.67. The molecule has 1 aliphatic rings. The molecule has 0 spiro atoms. The van der Waals surface area contributed by atoms with Crippen LogP contribution in [0.2, 0.25) is 0 Å². The highest BCUT2D eigenvalue weighted by molar-refractivity contribution is 14.1. The minimum Gasteiger partial charge on any atom is -0.459 e. The Balaban J connectivity index is 1.44. The number of rotatable bonds is 7. The molecule has 4 aromatic rings. The Hall–Kier alpha value is -4.36. The van der Waals surface area contributed by atoms with Crippen molar-refractivity contribution in [1.29, 1.82) is 0 Å². The van der Waals surface area contributed by atoms with E-state index in [2.05, 4.69) is 0 Å². The Labute approximate surface area is 247 Å². The lowest BCUT2D eigenvalue weighted by Gasteiger charge is -2.19. The maximum Gasteiger partial charge on any atom is 0.340 e. The largest absolute Gasteiger partial charge is 0.459 e. The van der Waals surface area contributed by atoms with E-state index in [0.717, 1.165) is 4.57 Å². The molecule has 3 atom stereocenters. The van der Waals surface area contributed by atoms with E-state index in [1.54, 1.807) is 101 Å². The van der Waals surface area contributed by atoms with Crippen molar-refractivity contribution in [2.75, 3.05) is 6.61 Å². The van der Waals surface area contributed by atoms with Gasteiger partial charge in [-0.2, -0.15) is 4.57 Å². The highest BCUT2D eigenvalue weighted by Gasteiger charge is 2.41. The summed E-state index contributed by atoms with van der Waals surface area (Å²) >= 11 is 1.75. The summed E-state index contributed by atoms with van der Waals surface area (Å²) in [6.07, 6.45) is -1.58. The molecule has 0 N–H and O–H groups in total. The molecule has 5 rings (SSSR count). The van der Waals surface area contributed by atoms with E-state index < -0.39 is 47.5 Å². The van der Waals surface area contributed by atoms with Crippen LogP contribution in [0.15, 0.2) is 107 Å². The van der Waals surface area contributed by atoms with Gasteiger partial charge in [-0.1, -0.05) is 54.6 Å². The molecule has 1 fully saturated rings. The van der Waals surface area contributed by atoms with E-state index >= 15 is 0 Å². The highest BCUT2D eigenvalue weighted by atomic mass is 127. The quantitative estimate of drug-likeness (QED) is 0.217. The number of carbonyl (C=O) groups excluding carboxylic acids is 3. The summed E-state index contributed by atoms with van der Waals surface area (Å²) in [4.78, 5) is 64.9. The monoisotopic (exact) mass is 666 g/mol. The van der Waals surface area contributed by atoms with Gasteiger partial charge in [0, 0.05) is 18.2 Å². The van der Waals surface area contributed by atoms with E-state index in [4.69, 9.17) is 14.2 Å². The fraction of sp³-hybridized carbons (Fsp3) is 0.167. The zero-order valence-corrected chi connectivity index (χ0v) is 23.6. The number of halogens is 1. The van der Waals surface area contributed by atoms with Crippen LogP contribution in [0.4, 0.5) is 0 Å². The average molecular weight is 666 g/mol. The first-order valence-corrected chi connectivity index (χ1v) is 13.7. The van der Waals surface area contributed by atoms with Gasteiger partial charge in [0.25, 0.3) is 11.5 Å². The Morgan fingerprint density at radius 2 is 1.34 bits per heavy atom. The summed E-state index contributed by atoms with van der Waals surface area (Å²) in [5.74, 6) is -2.00. The number of hydrogen-bond acceptors (Lipinski definition) is 8. The van der Waals surface area contributed by atoms with Gasteiger partial charge in [-0.25, -0.2) is 14.4 Å². The van der Waals surface area contributed by atoms with Gasteiger partial charge in [-0.15, -0.1) is 0 Å². The topological polar surface area (TPSA) is 123 Å². The first-order valence-electron chi connectivity index (χ1n) is 12.6. The first-order chi connectivity index (χ1) is 19.8. The number of aromatic nitrogens is 2. The van der Waals surface area contributed by atoms with Gasteiger partial charge in [-0.3, -0.25) is 14.2 Å². The second kappa shape index (κ2) is 12.4. The van der Waals surface area contributed by atoms with Crippen LogP contribution >= 0.6 is 22.6 Å². The lowest BCUT2D eigenvalue weighted by Crippen LogP contribution is -2.45. The molecule has 11 heteroatoms. The number of benzene rings is 3. The summed E-state index contributed by atoms with van der Waals surface area (Å²) in [5, 5.41) is 0. The number of carbonyl (C=O) groups is 3. The molecule has 3 aromatic carbocycles. The molecule has 0 radical (unpaired) electrons. The SMILES string of the molecule is O=C(OC[C@H]1OC(n2cc(I)c(=O)n(C(=O)c3ccccc3)c2=O)C[C@@H]1OC(=O)c1ccccc1)c1ccccc1. The normalized spacial score (nSPS) is 18.0. The molecular formula is C30H23IN2O8. The van der Waals surface area contributed by atoms with Crippen molar-refractivity contribution in [1.82, 2.24) is 9.13 Å². The van der Waals surface area contributed by atoms with Gasteiger partial charge >= 0.3 is 17.6 Å². The summed E-state index contributed by atoms with van der Waals surface area (Å²) in [5.41, 5.74) is -0.877. The summed E-state index contributed by atoms with van der Waals surface area (Å²) in [6.45, 7) is -0.272. The van der Waals surface area contributed by atoms with Crippen molar-refractivity contribution in [2.45, 2.75) is 24.9 Å². The third kappa shape index (κ3) is 6.20. The fourth-order valence-electron chi connectivity index (χ4n) is 4.38. The summed E-state index contributed by atoms with van der Waals surface area (Å²) in [7, 11) is 0. The smallest absolute Gasteiger partial charge is 0.340 e. The van der Waals surface area contributed by atoms with Crippen LogP contribution in [-0.2, 0) is 14.2 Å². The zero-order chi connectivity index (χ0) is 28.9. The summed E-state index contributed by atoms with van der Waals surface area (Å²) in [6, 6.07) is 24.7. The molecule has 208 valence electrons. The Kier molecular flexibility index (Phi) is 8.55. The number of hydrogen-bond donors (Lipinski definition) is 0. The Morgan fingerprint density at radius 3 is 1.93 bits per heavy atom. The molecular weight excluding hydrogens is 643 g/mol. The molecule has 1 aliphatic heterocycles. The number of esters is 2. The van der Waals surface area contributed by atoms with Crippen LogP contribution in [0.1, 0.15) is 43.7 Å². The first kappa shape index (κ1) is 28.2. The molecule has 0 saturated carbocycles. The maximum absolute atomic E-state index is 13.5. The minimum absolute atomic E-state index is 0.000153. The standard InChI is InChI=1S/C30H23IN2O8/c31-22-17-32(30(38)33(27(22)35)26(34)19-10-4-1-5-11-19)25-16-23(41-29(37)21-14-8-3-9-15-21)24(40-25)18-39-28(36)20-12-6-2-7-13-20/h1-15,17,23-25H,16,18H2/t23-,24+,25?/m0/s1. The third-order valence-corrected chi connectivity index (χ3v) is 7.18. The third-order valence-electron chi connectivity index (χ3n) is 6.44. The average Bonchev–Trinajstić information content (AvgIpc) is 3.41. The van der Waals surface area contributed by atoms with Crippen LogP contribution in [-0.4, -0.2) is 45.8 Å². The van der Waals surface area contributed by atoms with Crippen LogP contribution in [0.5, 0.6) is 0 Å². The van der Waals surface area contributed by atoms with Crippen LogP contribution in [0.3, 0.4) is 0 Å². The lowest BCUT2D eigenvalue weighted by molar-refractivity contribution is -0.0585. The molecule has 0 aliphatic carbocycles. The second-order valence-electron chi connectivity index (χ2n) is 9.12. The molecule has 1 aromatic heterocycles. The van der Waals surface area contributed by atoms with Crippen molar-refractivity contribution in [3.05, 3.63) is 138 Å². The number of ether oxygens (including phenoxy) is 3. The van der Waals surface area contributed by atoms with Gasteiger partial charge in [0.05, 0.1) is 14.7 Å². The molecule has 0 amide bonds. The van der Waals surface area contributed by atoms with Gasteiger partial charge < -0.3 is 14.2 Å². The van der Waals surface area contributed by atoms with Crippen molar-refractivity contribution in [2.24, 2.45) is 0 Å². The van der Waals surface area contributed by atoms with E-state index in [-0.39, 0.29) is 22.2 Å². The molecule has 10 nitrogen and oxygen atoms in total. The second-order valence-corrected chi connectivity index (χ2v) is 10.3. The lowest BCUT2D eigenvalue weighted by atomic mass is 10.1. The van der Waals surface area contributed by atoms with Crippen molar-refractivity contribution in [3.63, 3.8) is 0 Å². The highest BCUT2D eigenvalue weighted by Crippen LogP contribution is 2.31. The van der Waals surface area contributed by atoms with Gasteiger partial charge in [0.15, 0.2) is 0 Å². The fourth-order valence-corrected chi connectivity index (χ4v) is 4.92. The van der Waals surface area contributed by atoms with E-state index in [9.17, 15) is 24.0 Å². The van der Waals surface area contributed by atoms with Crippen LogP contribution in [0.25, 0.3) is 0 Å². The molecule has 0 bridgehead atoms. The number of nitrogens with zero attached hydrogens (tertiary/aromatic N) is 2. The summed E-state index contributed by atoms with van der Waals surface area (Å²) < 4.78 is 19.0. The van der Waals surface area contributed by atoms with E-state index in [0.29, 0.717) is 15.7 Å². The molecule has 1 unspecified atom stereocenters. The van der Waals surface area contributed by atoms with Gasteiger partial charge in [0.2, 0.25) is 0 Å². The van der Waals surface area contributed by atoms with E-state index in [1.807, 2.05) is 0 Å². The Morgan fingerprint density at radius 1 is 0.805 bits per heavy atom. The van der Waals surface area contributed by atoms with Crippen LogP contribution in [0, 0.1) is 3.57 Å². The Bertz CT molecular complexity index is 1690. The maximum atomic E-state index is 13.5. The van der Waals surface area contributed by atoms with Crippen molar-refractivity contribution in [3.8, 4) is 0 Å². The van der Waals surface area contributed by atoms with E-state index in [1.165, 1.54) is 18.3 Å². The molecule has 1 saturated heterocycles. The van der Waals surface area contributed by atoms with Gasteiger partial charge in [-0.05, 0) is 59.0 Å². The van der Waals surface area contributed by atoms with Crippen molar-refractivity contribution >= 4 is 40.4 Å². The van der Waals surface area contributed by atoms with Crippen molar-refractivity contribution < 1.29 is 28.6 Å². The minimum atomic E-state index is -1.03. The van der Waals surface area contributed by atoms with Gasteiger partial charge in [0.1, 0.15) is 25.0 Å². The predicted molar refractivity (Wildman–Crippen MR) is 155 cm³/mol.